The molecule has 4 nitrogen and oxygen atoms in total. The van der Waals surface area contributed by atoms with Crippen LogP contribution >= 0.6 is 23.5 Å². The lowest BCUT2D eigenvalue weighted by atomic mass is 9.80. The van der Waals surface area contributed by atoms with E-state index in [9.17, 15) is 5.11 Å². The molecule has 2 fully saturated rings. The summed E-state index contributed by atoms with van der Waals surface area (Å²) in [5.74, 6) is 4.46. The number of hydrogen-bond donors (Lipinski definition) is 1. The molecule has 1 spiro atoms. The maximum absolute atomic E-state index is 10.1. The van der Waals surface area contributed by atoms with Crippen molar-refractivity contribution >= 4 is 29.1 Å². The monoisotopic (exact) mass is 495 g/mol. The minimum Gasteiger partial charge on any atom is -0.508 e. The first-order valence-corrected chi connectivity index (χ1v) is 14.6. The van der Waals surface area contributed by atoms with E-state index in [4.69, 9.17) is 9.47 Å². The molecular weight excluding hydrogens is 462 g/mol. The van der Waals surface area contributed by atoms with Crippen molar-refractivity contribution < 1.29 is 14.6 Å². The number of thioether (sulfide) groups is 2. The fourth-order valence-corrected chi connectivity index (χ4v) is 9.05. The quantitative estimate of drug-likeness (QED) is 0.510. The van der Waals surface area contributed by atoms with Gasteiger partial charge in [0.25, 0.3) is 0 Å². The van der Waals surface area contributed by atoms with E-state index in [2.05, 4.69) is 52.7 Å². The summed E-state index contributed by atoms with van der Waals surface area (Å²) in [6, 6.07) is 14.1. The summed E-state index contributed by atoms with van der Waals surface area (Å²) < 4.78 is 13.0. The minimum atomic E-state index is -0.106. The van der Waals surface area contributed by atoms with Crippen LogP contribution in [-0.2, 0) is 0 Å². The maximum atomic E-state index is 10.1. The van der Waals surface area contributed by atoms with Gasteiger partial charge in [-0.1, -0.05) is 18.6 Å². The number of phenolic OH excluding ortho intramolecular Hbond substituents is 1. The Balaban J connectivity index is 1.22. The Morgan fingerprint density at radius 2 is 1.82 bits per heavy atom. The van der Waals surface area contributed by atoms with Gasteiger partial charge >= 0.3 is 0 Å². The summed E-state index contributed by atoms with van der Waals surface area (Å²) in [7, 11) is 0. The van der Waals surface area contributed by atoms with Crippen molar-refractivity contribution in [1.82, 2.24) is 4.90 Å². The smallest absolute Gasteiger partial charge is 0.146 e. The lowest BCUT2D eigenvalue weighted by Gasteiger charge is -2.41. The van der Waals surface area contributed by atoms with Gasteiger partial charge in [0.1, 0.15) is 30.0 Å². The first-order chi connectivity index (χ1) is 16.7. The third-order valence-electron chi connectivity index (χ3n) is 7.58. The van der Waals surface area contributed by atoms with Crippen LogP contribution < -0.4 is 9.47 Å². The Hall–Kier alpha value is -1.76. The van der Waals surface area contributed by atoms with Crippen LogP contribution in [0.5, 0.6) is 17.2 Å². The second-order valence-electron chi connectivity index (χ2n) is 9.79. The maximum Gasteiger partial charge on any atom is 0.146 e. The van der Waals surface area contributed by atoms with Crippen molar-refractivity contribution in [2.45, 2.75) is 48.7 Å². The molecule has 1 aliphatic carbocycles. The number of hydrogen-bond acceptors (Lipinski definition) is 6. The van der Waals surface area contributed by atoms with Crippen molar-refractivity contribution in [2.24, 2.45) is 0 Å². The fraction of sp³-hybridized carbons (Fsp3) is 0.500. The van der Waals surface area contributed by atoms with Crippen LogP contribution in [-0.4, -0.2) is 51.8 Å². The number of aromatic hydroxyl groups is 1. The average Bonchev–Trinajstić information content (AvgIpc) is 3.32. The summed E-state index contributed by atoms with van der Waals surface area (Å²) in [5.41, 5.74) is 5.16. The van der Waals surface area contributed by atoms with E-state index in [0.717, 1.165) is 48.6 Å². The van der Waals surface area contributed by atoms with E-state index in [1.165, 1.54) is 61.4 Å². The van der Waals surface area contributed by atoms with Crippen LogP contribution in [0.4, 0.5) is 0 Å². The molecule has 2 saturated heterocycles. The van der Waals surface area contributed by atoms with Crippen molar-refractivity contribution in [3.8, 4) is 17.2 Å². The van der Waals surface area contributed by atoms with Crippen molar-refractivity contribution in [1.29, 1.82) is 0 Å². The number of ether oxygens (including phenoxy) is 2. The van der Waals surface area contributed by atoms with E-state index in [-0.39, 0.29) is 11.9 Å². The highest BCUT2D eigenvalue weighted by Crippen LogP contribution is 2.59. The van der Waals surface area contributed by atoms with E-state index >= 15 is 0 Å². The highest BCUT2D eigenvalue weighted by atomic mass is 32.2. The molecular formula is C28H33NO3S2. The van der Waals surface area contributed by atoms with Gasteiger partial charge in [-0.25, -0.2) is 0 Å². The van der Waals surface area contributed by atoms with E-state index in [1.807, 2.05) is 6.07 Å². The molecule has 4 aliphatic rings. The molecule has 0 bridgehead atoms. The summed E-state index contributed by atoms with van der Waals surface area (Å²) in [6.07, 6.45) is 7.23. The largest absolute Gasteiger partial charge is 0.508 e. The Morgan fingerprint density at radius 1 is 1.03 bits per heavy atom. The van der Waals surface area contributed by atoms with E-state index in [1.54, 1.807) is 12.1 Å². The zero-order valence-electron chi connectivity index (χ0n) is 19.6. The molecule has 0 saturated carbocycles. The van der Waals surface area contributed by atoms with Gasteiger partial charge in [0.05, 0.1) is 4.08 Å². The second kappa shape index (κ2) is 9.71. The summed E-state index contributed by atoms with van der Waals surface area (Å²) >= 11 is 4.27. The second-order valence-corrected chi connectivity index (χ2v) is 13.0. The van der Waals surface area contributed by atoms with Gasteiger partial charge in [0, 0.05) is 29.7 Å². The lowest BCUT2D eigenvalue weighted by Crippen LogP contribution is -2.33. The average molecular weight is 496 g/mol. The predicted octanol–water partition coefficient (Wildman–Crippen LogP) is 6.50. The molecule has 2 aromatic rings. The highest BCUT2D eigenvalue weighted by Gasteiger charge is 2.44. The first-order valence-electron chi connectivity index (χ1n) is 12.6. The SMILES string of the molecule is Oc1ccc2c(c1)O[C@@H](c1ccc(OCCN3CCCCC3)cc1)C1=C2CCC2(C1)SCCS2. The fourth-order valence-electron chi connectivity index (χ4n) is 5.80. The Bertz CT molecular complexity index is 1060. The molecule has 3 aliphatic heterocycles. The topological polar surface area (TPSA) is 41.9 Å². The van der Waals surface area contributed by atoms with Gasteiger partial charge < -0.3 is 14.6 Å². The molecule has 180 valence electrons. The first kappa shape index (κ1) is 22.7. The molecule has 34 heavy (non-hydrogen) atoms. The van der Waals surface area contributed by atoms with Crippen molar-refractivity contribution in [3.05, 3.63) is 59.2 Å². The predicted molar refractivity (Wildman–Crippen MR) is 142 cm³/mol. The van der Waals surface area contributed by atoms with Gasteiger partial charge in [0.15, 0.2) is 0 Å². The van der Waals surface area contributed by atoms with Crippen LogP contribution in [0.25, 0.3) is 5.57 Å². The summed E-state index contributed by atoms with van der Waals surface area (Å²) in [4.78, 5) is 2.51. The zero-order chi connectivity index (χ0) is 23.0. The van der Waals surface area contributed by atoms with Gasteiger partial charge in [-0.2, -0.15) is 0 Å². The van der Waals surface area contributed by atoms with Crippen LogP contribution in [0.3, 0.4) is 0 Å². The van der Waals surface area contributed by atoms with Gasteiger partial charge in [0.2, 0.25) is 0 Å². The summed E-state index contributed by atoms with van der Waals surface area (Å²) in [5, 5.41) is 10.1. The number of likely N-dealkylation sites (tertiary alicyclic amines) is 1. The molecule has 3 heterocycles. The molecule has 0 radical (unpaired) electrons. The van der Waals surface area contributed by atoms with Crippen molar-refractivity contribution in [3.63, 3.8) is 0 Å². The van der Waals surface area contributed by atoms with E-state index < -0.39 is 0 Å². The zero-order valence-corrected chi connectivity index (χ0v) is 21.3. The van der Waals surface area contributed by atoms with Gasteiger partial charge in [-0.3, -0.25) is 4.90 Å². The Morgan fingerprint density at radius 3 is 2.62 bits per heavy atom. The standard InChI is InChI=1S/C28H33NO3S2/c30-21-6-9-24-23-10-11-28(33-16-17-34-28)19-25(23)27(32-26(24)18-21)20-4-7-22(8-5-20)31-15-14-29-12-2-1-3-13-29/h4-9,18,27,30H,1-3,10-17,19H2/t27-/m0/s1. The van der Waals surface area contributed by atoms with Gasteiger partial charge in [-0.15, -0.1) is 23.5 Å². The molecule has 1 atom stereocenters. The molecule has 2 aromatic carbocycles. The van der Waals surface area contributed by atoms with Crippen LogP contribution in [0.15, 0.2) is 48.0 Å². The number of fused-ring (bicyclic) bond motifs is 2. The number of benzene rings is 2. The minimum absolute atomic E-state index is 0.106. The normalized spacial score (nSPS) is 23.9. The third-order valence-corrected chi connectivity index (χ3v) is 11.1. The van der Waals surface area contributed by atoms with Crippen LogP contribution in [0, 0.1) is 0 Å². The number of rotatable bonds is 5. The lowest BCUT2D eigenvalue weighted by molar-refractivity contribution is 0.183. The Labute approximate surface area is 211 Å². The Kier molecular flexibility index (Phi) is 6.48. The third kappa shape index (κ3) is 4.57. The summed E-state index contributed by atoms with van der Waals surface area (Å²) in [6.45, 7) is 4.14. The van der Waals surface area contributed by atoms with Crippen LogP contribution in [0.2, 0.25) is 0 Å². The number of nitrogens with zero attached hydrogens (tertiary/aromatic N) is 1. The molecule has 1 N–H and O–H groups in total. The molecule has 0 aromatic heterocycles. The number of phenols is 1. The molecule has 6 heteroatoms. The molecule has 6 rings (SSSR count). The van der Waals surface area contributed by atoms with E-state index in [0.29, 0.717) is 4.08 Å². The van der Waals surface area contributed by atoms with Gasteiger partial charge in [-0.05, 0) is 86.2 Å². The van der Waals surface area contributed by atoms with Crippen molar-refractivity contribution in [2.75, 3.05) is 37.7 Å². The highest BCUT2D eigenvalue weighted by molar-refractivity contribution is 8.21. The number of piperidine rings is 1. The molecule has 0 amide bonds. The number of allylic oxidation sites excluding steroid dienone is 1. The van der Waals surface area contributed by atoms with Crippen LogP contribution in [0.1, 0.15) is 55.8 Å². The molecule has 0 unspecified atom stereocenters.